The summed E-state index contributed by atoms with van der Waals surface area (Å²) in [6.45, 7) is 3.90. The van der Waals surface area contributed by atoms with Gasteiger partial charge in [0.25, 0.3) is 0 Å². The molecular weight excluding hydrogens is 192 g/mol. The van der Waals surface area contributed by atoms with Gasteiger partial charge < -0.3 is 9.51 Å². The number of rotatable bonds is 2. The highest BCUT2D eigenvalue weighted by Crippen LogP contribution is 2.14. The topological polar surface area (TPSA) is 54.6 Å². The van der Waals surface area contributed by atoms with Crippen LogP contribution in [-0.4, -0.2) is 20.5 Å². The Bertz CT molecular complexity index is 529. The Labute approximate surface area is 87.2 Å². The summed E-state index contributed by atoms with van der Waals surface area (Å²) < 4.78 is 1.85. The molecule has 0 aliphatic carbocycles. The second-order valence-corrected chi connectivity index (χ2v) is 3.50. The zero-order chi connectivity index (χ0) is 11.0. The van der Waals surface area contributed by atoms with E-state index in [1.54, 1.807) is 0 Å². The Balaban J connectivity index is 2.79. The second-order valence-electron chi connectivity index (χ2n) is 3.50. The summed E-state index contributed by atoms with van der Waals surface area (Å²) in [7, 11) is 0. The zero-order valence-corrected chi connectivity index (χ0v) is 8.69. The number of hydrogen-bond acceptors (Lipinski definition) is 2. The van der Waals surface area contributed by atoms with Crippen molar-refractivity contribution in [2.45, 2.75) is 20.3 Å². The van der Waals surface area contributed by atoms with E-state index >= 15 is 0 Å². The molecule has 0 aliphatic heterocycles. The predicted octanol–water partition coefficient (Wildman–Crippen LogP) is 1.90. The van der Waals surface area contributed by atoms with Crippen LogP contribution in [0, 0.1) is 6.92 Å². The molecule has 2 aromatic heterocycles. The Kier molecular flexibility index (Phi) is 2.19. The van der Waals surface area contributed by atoms with Crippen molar-refractivity contribution in [1.29, 1.82) is 0 Å². The number of aryl methyl sites for hydroxylation is 2. The molecular formula is C11H12N2O2. The largest absolute Gasteiger partial charge is 0.476 e. The Morgan fingerprint density at radius 3 is 2.87 bits per heavy atom. The summed E-state index contributed by atoms with van der Waals surface area (Å²) in [4.78, 5) is 15.0. The van der Waals surface area contributed by atoms with E-state index in [1.165, 1.54) is 0 Å². The standard InChI is InChI=1S/C11H12N2O2/c1-3-8-10(11(14)15)12-9-5-4-7(2)6-13(8)9/h4-6H,3H2,1-2H3,(H,14,15). The third-order valence-electron chi connectivity index (χ3n) is 2.40. The number of imidazole rings is 1. The number of aromatic nitrogens is 2. The fraction of sp³-hybridized carbons (Fsp3) is 0.273. The van der Waals surface area contributed by atoms with E-state index < -0.39 is 5.97 Å². The molecule has 0 bridgehead atoms. The molecule has 4 nitrogen and oxygen atoms in total. The van der Waals surface area contributed by atoms with Crippen molar-refractivity contribution in [3.63, 3.8) is 0 Å². The van der Waals surface area contributed by atoms with Gasteiger partial charge in [-0.15, -0.1) is 0 Å². The lowest BCUT2D eigenvalue weighted by atomic mass is 10.2. The first-order valence-electron chi connectivity index (χ1n) is 4.84. The van der Waals surface area contributed by atoms with Crippen LogP contribution in [0.2, 0.25) is 0 Å². The molecule has 1 N–H and O–H groups in total. The maximum absolute atomic E-state index is 11.0. The van der Waals surface area contributed by atoms with E-state index in [9.17, 15) is 4.79 Å². The molecule has 15 heavy (non-hydrogen) atoms. The lowest BCUT2D eigenvalue weighted by Gasteiger charge is -2.00. The molecule has 0 fully saturated rings. The first kappa shape index (κ1) is 9.71. The highest BCUT2D eigenvalue weighted by atomic mass is 16.4. The van der Waals surface area contributed by atoms with Gasteiger partial charge in [-0.25, -0.2) is 9.78 Å². The number of nitrogens with zero attached hydrogens (tertiary/aromatic N) is 2. The molecule has 0 atom stereocenters. The van der Waals surface area contributed by atoms with Crippen molar-refractivity contribution in [3.05, 3.63) is 35.3 Å². The third kappa shape index (κ3) is 1.48. The molecule has 2 heterocycles. The minimum absolute atomic E-state index is 0.156. The molecule has 0 aliphatic rings. The van der Waals surface area contributed by atoms with E-state index in [0.717, 1.165) is 11.3 Å². The van der Waals surface area contributed by atoms with Gasteiger partial charge in [0.15, 0.2) is 5.69 Å². The van der Waals surface area contributed by atoms with E-state index in [4.69, 9.17) is 5.11 Å². The molecule has 0 unspecified atom stereocenters. The minimum atomic E-state index is -0.965. The van der Waals surface area contributed by atoms with Gasteiger partial charge in [-0.2, -0.15) is 0 Å². The number of carbonyl (C=O) groups is 1. The molecule has 0 spiro atoms. The van der Waals surface area contributed by atoms with Crippen molar-refractivity contribution in [2.24, 2.45) is 0 Å². The quantitative estimate of drug-likeness (QED) is 0.812. The van der Waals surface area contributed by atoms with Gasteiger partial charge in [-0.3, -0.25) is 0 Å². The van der Waals surface area contributed by atoms with Crippen LogP contribution >= 0.6 is 0 Å². The van der Waals surface area contributed by atoms with E-state index in [0.29, 0.717) is 12.1 Å². The number of fused-ring (bicyclic) bond motifs is 1. The molecule has 0 saturated heterocycles. The SMILES string of the molecule is CCc1c(C(=O)O)nc2ccc(C)cn12. The monoisotopic (exact) mass is 204 g/mol. The van der Waals surface area contributed by atoms with Crippen molar-refractivity contribution in [1.82, 2.24) is 9.38 Å². The van der Waals surface area contributed by atoms with Crippen LogP contribution in [0.25, 0.3) is 5.65 Å². The first-order chi connectivity index (χ1) is 7.13. The van der Waals surface area contributed by atoms with Gasteiger partial charge in [0, 0.05) is 6.20 Å². The molecule has 78 valence electrons. The Hall–Kier alpha value is -1.84. The van der Waals surface area contributed by atoms with Crippen molar-refractivity contribution < 1.29 is 9.90 Å². The van der Waals surface area contributed by atoms with E-state index in [-0.39, 0.29) is 5.69 Å². The third-order valence-corrected chi connectivity index (χ3v) is 2.40. The number of hydrogen-bond donors (Lipinski definition) is 1. The lowest BCUT2D eigenvalue weighted by molar-refractivity contribution is 0.0690. The van der Waals surface area contributed by atoms with Gasteiger partial charge in [0.2, 0.25) is 0 Å². The fourth-order valence-electron chi connectivity index (χ4n) is 1.71. The molecule has 2 aromatic rings. The number of aromatic carboxylic acids is 1. The van der Waals surface area contributed by atoms with Gasteiger partial charge in [0.05, 0.1) is 5.69 Å². The maximum Gasteiger partial charge on any atom is 0.356 e. The van der Waals surface area contributed by atoms with Crippen LogP contribution < -0.4 is 0 Å². The lowest BCUT2D eigenvalue weighted by Crippen LogP contribution is -2.02. The molecule has 0 radical (unpaired) electrons. The van der Waals surface area contributed by atoms with E-state index in [1.807, 2.05) is 36.6 Å². The first-order valence-corrected chi connectivity index (χ1v) is 4.84. The molecule has 0 aromatic carbocycles. The summed E-state index contributed by atoms with van der Waals surface area (Å²) in [6, 6.07) is 3.76. The van der Waals surface area contributed by atoms with E-state index in [2.05, 4.69) is 4.98 Å². The second kappa shape index (κ2) is 3.38. The molecule has 0 saturated carbocycles. The average molecular weight is 204 g/mol. The Morgan fingerprint density at radius 1 is 1.53 bits per heavy atom. The smallest absolute Gasteiger partial charge is 0.356 e. The van der Waals surface area contributed by atoms with Gasteiger partial charge in [0.1, 0.15) is 5.65 Å². The van der Waals surface area contributed by atoms with Crippen LogP contribution in [0.5, 0.6) is 0 Å². The average Bonchev–Trinajstić information content (AvgIpc) is 2.55. The number of pyridine rings is 1. The van der Waals surface area contributed by atoms with Crippen molar-refractivity contribution in [3.8, 4) is 0 Å². The van der Waals surface area contributed by atoms with Crippen LogP contribution in [-0.2, 0) is 6.42 Å². The summed E-state index contributed by atoms with van der Waals surface area (Å²) in [6.07, 6.45) is 2.57. The van der Waals surface area contributed by atoms with Gasteiger partial charge in [-0.1, -0.05) is 13.0 Å². The zero-order valence-electron chi connectivity index (χ0n) is 8.69. The highest BCUT2D eigenvalue weighted by Gasteiger charge is 2.16. The van der Waals surface area contributed by atoms with Crippen LogP contribution in [0.3, 0.4) is 0 Å². The van der Waals surface area contributed by atoms with Crippen LogP contribution in [0.1, 0.15) is 28.7 Å². The fourth-order valence-corrected chi connectivity index (χ4v) is 1.71. The summed E-state index contributed by atoms with van der Waals surface area (Å²) >= 11 is 0. The van der Waals surface area contributed by atoms with Crippen LogP contribution in [0.15, 0.2) is 18.3 Å². The van der Waals surface area contributed by atoms with Crippen molar-refractivity contribution >= 4 is 11.6 Å². The minimum Gasteiger partial charge on any atom is -0.476 e. The summed E-state index contributed by atoms with van der Waals surface area (Å²) in [5.41, 5.74) is 2.69. The highest BCUT2D eigenvalue weighted by molar-refractivity contribution is 5.88. The maximum atomic E-state index is 11.0. The number of carboxylic acid groups (broad SMARTS) is 1. The van der Waals surface area contributed by atoms with Gasteiger partial charge in [-0.05, 0) is 25.0 Å². The predicted molar refractivity (Wildman–Crippen MR) is 56.3 cm³/mol. The Morgan fingerprint density at radius 2 is 2.27 bits per heavy atom. The molecule has 2 rings (SSSR count). The number of carboxylic acids is 1. The van der Waals surface area contributed by atoms with Gasteiger partial charge >= 0.3 is 5.97 Å². The summed E-state index contributed by atoms with van der Waals surface area (Å²) in [5, 5.41) is 8.99. The van der Waals surface area contributed by atoms with Crippen LogP contribution in [0.4, 0.5) is 0 Å². The normalized spacial score (nSPS) is 10.8. The molecule has 0 amide bonds. The van der Waals surface area contributed by atoms with Crippen molar-refractivity contribution in [2.75, 3.05) is 0 Å². The summed E-state index contributed by atoms with van der Waals surface area (Å²) in [5.74, 6) is -0.965. The molecule has 4 heteroatoms.